The van der Waals surface area contributed by atoms with Crippen molar-refractivity contribution in [2.24, 2.45) is 0 Å². The van der Waals surface area contributed by atoms with E-state index in [1.807, 2.05) is 48.5 Å². The Morgan fingerprint density at radius 2 is 1.95 bits per heavy atom. The fourth-order valence-electron chi connectivity index (χ4n) is 2.62. The lowest BCUT2D eigenvalue weighted by Gasteiger charge is -2.11. The number of carbonyl (C=O) groups excluding carboxylic acids is 1. The van der Waals surface area contributed by atoms with Crippen molar-refractivity contribution in [1.29, 1.82) is 0 Å². The van der Waals surface area contributed by atoms with E-state index in [0.717, 1.165) is 22.7 Å². The average Bonchev–Trinajstić information content (AvgIpc) is 2.93. The summed E-state index contributed by atoms with van der Waals surface area (Å²) < 4.78 is 0. The molecule has 0 saturated carbocycles. The van der Waals surface area contributed by atoms with Crippen LogP contribution in [0.5, 0.6) is 0 Å². The standard InChI is InChI=1S/C17H17ClN2O/c18-13-7-5-12(6-8-13)9-10-19-17(21)15-11-20-16-4-2-1-3-14(15)16/h1-8,15,20H,9-11H2,(H,19,21). The van der Waals surface area contributed by atoms with Crippen molar-refractivity contribution in [3.05, 3.63) is 64.7 Å². The lowest BCUT2D eigenvalue weighted by atomic mass is 10.0. The second kappa shape index (κ2) is 6.19. The summed E-state index contributed by atoms with van der Waals surface area (Å²) in [6.07, 6.45) is 0.810. The molecule has 3 rings (SSSR count). The molecule has 1 amide bonds. The van der Waals surface area contributed by atoms with E-state index in [1.165, 1.54) is 5.56 Å². The molecule has 4 heteroatoms. The zero-order valence-corrected chi connectivity index (χ0v) is 12.4. The molecule has 0 radical (unpaired) electrons. The quantitative estimate of drug-likeness (QED) is 0.910. The summed E-state index contributed by atoms with van der Waals surface area (Å²) in [7, 11) is 0. The number of amides is 1. The summed E-state index contributed by atoms with van der Waals surface area (Å²) in [5, 5.41) is 7.02. The van der Waals surface area contributed by atoms with Crippen molar-refractivity contribution in [1.82, 2.24) is 5.32 Å². The molecule has 0 saturated heterocycles. The number of nitrogens with one attached hydrogen (secondary N) is 2. The highest BCUT2D eigenvalue weighted by atomic mass is 35.5. The Bertz CT molecular complexity index is 639. The normalized spacial score (nSPS) is 16.1. The number of hydrogen-bond donors (Lipinski definition) is 2. The van der Waals surface area contributed by atoms with Gasteiger partial charge in [-0.05, 0) is 35.7 Å². The Kier molecular flexibility index (Phi) is 4.11. The van der Waals surface area contributed by atoms with Gasteiger partial charge in [-0.2, -0.15) is 0 Å². The molecule has 0 aliphatic carbocycles. The number of halogens is 1. The molecule has 2 N–H and O–H groups in total. The lowest BCUT2D eigenvalue weighted by Crippen LogP contribution is -2.31. The molecular formula is C17H17ClN2O. The Morgan fingerprint density at radius 1 is 1.19 bits per heavy atom. The van der Waals surface area contributed by atoms with Crippen LogP contribution in [0, 0.1) is 0 Å². The van der Waals surface area contributed by atoms with E-state index in [4.69, 9.17) is 11.6 Å². The summed E-state index contributed by atoms with van der Waals surface area (Å²) in [6.45, 7) is 1.31. The van der Waals surface area contributed by atoms with Gasteiger partial charge < -0.3 is 10.6 Å². The molecule has 0 aromatic heterocycles. The highest BCUT2D eigenvalue weighted by Gasteiger charge is 2.27. The van der Waals surface area contributed by atoms with Crippen molar-refractivity contribution >= 4 is 23.2 Å². The number of anilines is 1. The van der Waals surface area contributed by atoms with Gasteiger partial charge in [-0.15, -0.1) is 0 Å². The van der Waals surface area contributed by atoms with Gasteiger partial charge in [0.05, 0.1) is 5.92 Å². The van der Waals surface area contributed by atoms with E-state index in [9.17, 15) is 4.79 Å². The molecule has 2 aromatic rings. The maximum absolute atomic E-state index is 12.3. The monoisotopic (exact) mass is 300 g/mol. The minimum Gasteiger partial charge on any atom is -0.384 e. The molecule has 1 unspecified atom stereocenters. The van der Waals surface area contributed by atoms with Gasteiger partial charge in [0.1, 0.15) is 0 Å². The first-order valence-electron chi connectivity index (χ1n) is 7.09. The SMILES string of the molecule is O=C(NCCc1ccc(Cl)cc1)C1CNc2ccccc21. The smallest absolute Gasteiger partial charge is 0.229 e. The molecular weight excluding hydrogens is 284 g/mol. The Morgan fingerprint density at radius 3 is 2.76 bits per heavy atom. The molecule has 1 atom stereocenters. The summed E-state index contributed by atoms with van der Waals surface area (Å²) in [5.41, 5.74) is 3.32. The molecule has 0 fully saturated rings. The highest BCUT2D eigenvalue weighted by Crippen LogP contribution is 2.30. The summed E-state index contributed by atoms with van der Waals surface area (Å²) in [6, 6.07) is 15.7. The number of hydrogen-bond acceptors (Lipinski definition) is 2. The molecule has 1 aliphatic heterocycles. The summed E-state index contributed by atoms with van der Waals surface area (Å²) >= 11 is 5.85. The van der Waals surface area contributed by atoms with Crippen LogP contribution in [0.3, 0.4) is 0 Å². The average molecular weight is 301 g/mol. The Labute approximate surface area is 129 Å². The van der Waals surface area contributed by atoms with Crippen molar-refractivity contribution in [3.8, 4) is 0 Å². The van der Waals surface area contributed by atoms with Crippen molar-refractivity contribution < 1.29 is 4.79 Å². The first-order valence-corrected chi connectivity index (χ1v) is 7.47. The maximum Gasteiger partial charge on any atom is 0.229 e. The third-order valence-electron chi connectivity index (χ3n) is 3.78. The van der Waals surface area contributed by atoms with Crippen LogP contribution in [-0.2, 0) is 11.2 Å². The Hall–Kier alpha value is -2.00. The third-order valence-corrected chi connectivity index (χ3v) is 4.03. The molecule has 0 spiro atoms. The Balaban J connectivity index is 1.54. The van der Waals surface area contributed by atoms with Gasteiger partial charge in [0, 0.05) is 23.8 Å². The fraction of sp³-hybridized carbons (Fsp3) is 0.235. The van der Waals surface area contributed by atoms with E-state index in [0.29, 0.717) is 13.1 Å². The largest absolute Gasteiger partial charge is 0.384 e. The maximum atomic E-state index is 12.3. The number of para-hydroxylation sites is 1. The number of fused-ring (bicyclic) bond motifs is 1. The predicted molar refractivity (Wildman–Crippen MR) is 85.8 cm³/mol. The van der Waals surface area contributed by atoms with Gasteiger partial charge in [0.15, 0.2) is 0 Å². The van der Waals surface area contributed by atoms with Crippen LogP contribution in [-0.4, -0.2) is 19.0 Å². The summed E-state index contributed by atoms with van der Waals surface area (Å²) in [4.78, 5) is 12.3. The van der Waals surface area contributed by atoms with E-state index < -0.39 is 0 Å². The van der Waals surface area contributed by atoms with Gasteiger partial charge in [-0.1, -0.05) is 41.9 Å². The van der Waals surface area contributed by atoms with Crippen molar-refractivity contribution in [2.75, 3.05) is 18.4 Å². The predicted octanol–water partition coefficient (Wildman–Crippen LogP) is 3.21. The molecule has 1 aliphatic rings. The van der Waals surface area contributed by atoms with Gasteiger partial charge in [0.25, 0.3) is 0 Å². The van der Waals surface area contributed by atoms with Crippen LogP contribution < -0.4 is 10.6 Å². The number of rotatable bonds is 4. The molecule has 21 heavy (non-hydrogen) atoms. The van der Waals surface area contributed by atoms with Gasteiger partial charge >= 0.3 is 0 Å². The minimum absolute atomic E-state index is 0.0846. The van der Waals surface area contributed by atoms with E-state index >= 15 is 0 Å². The zero-order valence-electron chi connectivity index (χ0n) is 11.6. The topological polar surface area (TPSA) is 41.1 Å². The van der Waals surface area contributed by atoms with E-state index in [1.54, 1.807) is 0 Å². The number of benzene rings is 2. The molecule has 1 heterocycles. The van der Waals surface area contributed by atoms with Crippen LogP contribution in [0.15, 0.2) is 48.5 Å². The lowest BCUT2D eigenvalue weighted by molar-refractivity contribution is -0.122. The van der Waals surface area contributed by atoms with Crippen LogP contribution in [0.1, 0.15) is 17.0 Å². The van der Waals surface area contributed by atoms with Crippen LogP contribution in [0.2, 0.25) is 5.02 Å². The van der Waals surface area contributed by atoms with E-state index in [2.05, 4.69) is 10.6 Å². The third kappa shape index (κ3) is 3.19. The number of carbonyl (C=O) groups is 1. The highest BCUT2D eigenvalue weighted by molar-refractivity contribution is 6.30. The molecule has 0 bridgehead atoms. The first-order chi connectivity index (χ1) is 10.2. The summed E-state index contributed by atoms with van der Waals surface area (Å²) in [5.74, 6) is -0.00664. The van der Waals surface area contributed by atoms with Crippen molar-refractivity contribution in [2.45, 2.75) is 12.3 Å². The fourth-order valence-corrected chi connectivity index (χ4v) is 2.75. The molecule has 3 nitrogen and oxygen atoms in total. The van der Waals surface area contributed by atoms with Gasteiger partial charge in [-0.25, -0.2) is 0 Å². The second-order valence-electron chi connectivity index (χ2n) is 5.19. The van der Waals surface area contributed by atoms with Gasteiger partial charge in [-0.3, -0.25) is 4.79 Å². The van der Waals surface area contributed by atoms with Gasteiger partial charge in [0.2, 0.25) is 5.91 Å². The first kappa shape index (κ1) is 14.0. The zero-order chi connectivity index (χ0) is 14.7. The van der Waals surface area contributed by atoms with Crippen LogP contribution >= 0.6 is 11.6 Å². The molecule has 2 aromatic carbocycles. The van der Waals surface area contributed by atoms with Crippen molar-refractivity contribution in [3.63, 3.8) is 0 Å². The minimum atomic E-state index is -0.0913. The second-order valence-corrected chi connectivity index (χ2v) is 5.62. The van der Waals surface area contributed by atoms with E-state index in [-0.39, 0.29) is 11.8 Å². The van der Waals surface area contributed by atoms with Crippen LogP contribution in [0.4, 0.5) is 5.69 Å². The molecule has 108 valence electrons. The van der Waals surface area contributed by atoms with Crippen LogP contribution in [0.25, 0.3) is 0 Å².